The van der Waals surface area contributed by atoms with Crippen LogP contribution in [0, 0.1) is 5.41 Å². The Hall–Kier alpha value is 0.440. The van der Waals surface area contributed by atoms with E-state index in [9.17, 15) is 0 Å². The zero-order valence-electron chi connectivity index (χ0n) is 6.81. The molecule has 2 heteroatoms. The lowest BCUT2D eigenvalue weighted by atomic mass is 9.99. The summed E-state index contributed by atoms with van der Waals surface area (Å²) in [6.45, 7) is 1.00. The van der Waals surface area contributed by atoms with Crippen molar-refractivity contribution in [1.29, 1.82) is 0 Å². The quantitative estimate of drug-likeness (QED) is 0.663. The van der Waals surface area contributed by atoms with Crippen LogP contribution in [-0.4, -0.2) is 18.0 Å². The molecule has 0 N–H and O–H groups in total. The average Bonchev–Trinajstić information content (AvgIpc) is 2.59. The molecule has 0 aromatic rings. The molecule has 1 saturated carbocycles. The largest absolute Gasteiger partial charge is 0.378 e. The lowest BCUT2D eigenvalue weighted by Crippen LogP contribution is -2.14. The third-order valence-corrected chi connectivity index (χ3v) is 4.11. The van der Waals surface area contributed by atoms with Gasteiger partial charge in [0.25, 0.3) is 0 Å². The lowest BCUT2D eigenvalue weighted by molar-refractivity contribution is 0.0891. The first-order valence-corrected chi connectivity index (χ1v) is 5.64. The van der Waals surface area contributed by atoms with E-state index in [1.165, 1.54) is 37.4 Å². The van der Waals surface area contributed by atoms with Crippen molar-refractivity contribution >= 4 is 15.9 Å². The maximum absolute atomic E-state index is 5.61. The number of halogens is 1. The van der Waals surface area contributed by atoms with Gasteiger partial charge >= 0.3 is 0 Å². The molecule has 0 aromatic heterocycles. The molecule has 1 atom stereocenters. The second-order valence-electron chi connectivity index (χ2n) is 3.97. The van der Waals surface area contributed by atoms with Crippen LogP contribution in [-0.2, 0) is 4.74 Å². The Morgan fingerprint density at radius 1 is 1.45 bits per heavy atom. The molecule has 64 valence electrons. The zero-order valence-corrected chi connectivity index (χ0v) is 8.40. The lowest BCUT2D eigenvalue weighted by Gasteiger charge is -2.16. The monoisotopic (exact) mass is 218 g/mol. The van der Waals surface area contributed by atoms with Gasteiger partial charge in [-0.3, -0.25) is 0 Å². The molecule has 1 saturated heterocycles. The fourth-order valence-corrected chi connectivity index (χ4v) is 2.65. The van der Waals surface area contributed by atoms with Crippen LogP contribution >= 0.6 is 15.9 Å². The second-order valence-corrected chi connectivity index (χ2v) is 4.53. The predicted octanol–water partition coefficient (Wildman–Crippen LogP) is 2.73. The molecule has 0 bridgehead atoms. The molecule has 0 radical (unpaired) electrons. The number of rotatable bonds is 3. The highest BCUT2D eigenvalue weighted by Crippen LogP contribution is 2.51. The van der Waals surface area contributed by atoms with Crippen LogP contribution in [0.5, 0.6) is 0 Å². The minimum absolute atomic E-state index is 0.593. The molecular formula is C9H15BrO. The summed E-state index contributed by atoms with van der Waals surface area (Å²) in [7, 11) is 0. The Morgan fingerprint density at radius 2 is 2.27 bits per heavy atom. The summed E-state index contributed by atoms with van der Waals surface area (Å²) in [4.78, 5) is 0. The first kappa shape index (κ1) is 8.06. The minimum atomic E-state index is 0.593. The van der Waals surface area contributed by atoms with Crippen LogP contribution in [0.1, 0.15) is 32.1 Å². The highest BCUT2D eigenvalue weighted by molar-refractivity contribution is 9.09. The molecule has 1 nitrogen and oxygen atoms in total. The highest BCUT2D eigenvalue weighted by Gasteiger charge is 2.43. The standard InChI is InChI=1S/C9H15BrO/c10-7-9(3-4-9)6-8-2-1-5-11-8/h8H,1-7H2/t8-/m0/s1. The van der Waals surface area contributed by atoms with E-state index in [1.807, 2.05) is 0 Å². The van der Waals surface area contributed by atoms with Crippen molar-refractivity contribution in [3.63, 3.8) is 0 Å². The van der Waals surface area contributed by atoms with Gasteiger partial charge in [-0.15, -0.1) is 0 Å². The van der Waals surface area contributed by atoms with Crippen LogP contribution in [0.2, 0.25) is 0 Å². The zero-order chi connectivity index (χ0) is 7.73. The summed E-state index contributed by atoms with van der Waals surface area (Å²) < 4.78 is 5.61. The molecule has 2 rings (SSSR count). The van der Waals surface area contributed by atoms with Crippen molar-refractivity contribution in [2.24, 2.45) is 5.41 Å². The fourth-order valence-electron chi connectivity index (χ4n) is 1.86. The molecule has 0 amide bonds. The molecule has 0 aromatic carbocycles. The third-order valence-electron chi connectivity index (χ3n) is 2.93. The van der Waals surface area contributed by atoms with E-state index in [4.69, 9.17) is 4.74 Å². The Morgan fingerprint density at radius 3 is 2.73 bits per heavy atom. The third kappa shape index (κ3) is 1.78. The summed E-state index contributed by atoms with van der Waals surface area (Å²) in [5, 5.41) is 1.18. The Labute approximate surface area is 76.6 Å². The van der Waals surface area contributed by atoms with E-state index in [1.54, 1.807) is 0 Å². The summed E-state index contributed by atoms with van der Waals surface area (Å²) in [5.41, 5.74) is 0.648. The van der Waals surface area contributed by atoms with Gasteiger partial charge in [0.1, 0.15) is 0 Å². The van der Waals surface area contributed by atoms with Crippen molar-refractivity contribution in [2.45, 2.75) is 38.2 Å². The van der Waals surface area contributed by atoms with Gasteiger partial charge in [-0.25, -0.2) is 0 Å². The molecule has 0 unspecified atom stereocenters. The van der Waals surface area contributed by atoms with Crippen LogP contribution in [0.15, 0.2) is 0 Å². The first-order valence-electron chi connectivity index (χ1n) is 4.52. The van der Waals surface area contributed by atoms with Gasteiger partial charge in [0, 0.05) is 11.9 Å². The SMILES string of the molecule is BrCC1(C[C@@H]2CCCO2)CC1. The first-order chi connectivity index (χ1) is 5.35. The van der Waals surface area contributed by atoms with Gasteiger partial charge in [-0.2, -0.15) is 0 Å². The normalized spacial score (nSPS) is 34.1. The number of alkyl halides is 1. The van der Waals surface area contributed by atoms with Crippen molar-refractivity contribution in [1.82, 2.24) is 0 Å². The summed E-state index contributed by atoms with van der Waals surface area (Å²) in [5.74, 6) is 0. The summed E-state index contributed by atoms with van der Waals surface area (Å²) in [6.07, 6.45) is 7.31. The Balaban J connectivity index is 1.80. The summed E-state index contributed by atoms with van der Waals surface area (Å²) >= 11 is 3.59. The van der Waals surface area contributed by atoms with Crippen molar-refractivity contribution in [2.75, 3.05) is 11.9 Å². The minimum Gasteiger partial charge on any atom is -0.378 e. The van der Waals surface area contributed by atoms with Gasteiger partial charge in [-0.05, 0) is 37.5 Å². The van der Waals surface area contributed by atoms with Crippen LogP contribution < -0.4 is 0 Å². The smallest absolute Gasteiger partial charge is 0.0581 e. The number of hydrogen-bond donors (Lipinski definition) is 0. The molecule has 0 spiro atoms. The van der Waals surface area contributed by atoms with Gasteiger partial charge in [-0.1, -0.05) is 15.9 Å². The van der Waals surface area contributed by atoms with Gasteiger partial charge in [0.15, 0.2) is 0 Å². The van der Waals surface area contributed by atoms with E-state index in [-0.39, 0.29) is 0 Å². The van der Waals surface area contributed by atoms with Crippen molar-refractivity contribution < 1.29 is 4.74 Å². The van der Waals surface area contributed by atoms with E-state index in [0.29, 0.717) is 11.5 Å². The summed E-state index contributed by atoms with van der Waals surface area (Å²) in [6, 6.07) is 0. The Bertz CT molecular complexity index is 136. The fraction of sp³-hybridized carbons (Fsp3) is 1.00. The molecule has 1 aliphatic carbocycles. The Kier molecular flexibility index (Phi) is 2.24. The predicted molar refractivity (Wildman–Crippen MR) is 49.1 cm³/mol. The van der Waals surface area contributed by atoms with Gasteiger partial charge in [0.05, 0.1) is 6.10 Å². The van der Waals surface area contributed by atoms with Crippen LogP contribution in [0.3, 0.4) is 0 Å². The van der Waals surface area contributed by atoms with E-state index in [0.717, 1.165) is 6.61 Å². The molecule has 1 aliphatic heterocycles. The van der Waals surface area contributed by atoms with Crippen LogP contribution in [0.25, 0.3) is 0 Å². The molecule has 11 heavy (non-hydrogen) atoms. The van der Waals surface area contributed by atoms with E-state index in [2.05, 4.69) is 15.9 Å². The van der Waals surface area contributed by atoms with Crippen molar-refractivity contribution in [3.05, 3.63) is 0 Å². The number of hydrogen-bond acceptors (Lipinski definition) is 1. The topological polar surface area (TPSA) is 9.23 Å². The van der Waals surface area contributed by atoms with Crippen molar-refractivity contribution in [3.8, 4) is 0 Å². The van der Waals surface area contributed by atoms with E-state index < -0.39 is 0 Å². The van der Waals surface area contributed by atoms with E-state index >= 15 is 0 Å². The van der Waals surface area contributed by atoms with Crippen LogP contribution in [0.4, 0.5) is 0 Å². The molecule has 1 heterocycles. The molecular weight excluding hydrogens is 204 g/mol. The van der Waals surface area contributed by atoms with Gasteiger partial charge in [0.2, 0.25) is 0 Å². The molecule has 2 fully saturated rings. The maximum Gasteiger partial charge on any atom is 0.0581 e. The van der Waals surface area contributed by atoms with Gasteiger partial charge < -0.3 is 4.74 Å². The second kappa shape index (κ2) is 3.06. The number of ether oxygens (including phenoxy) is 1. The highest BCUT2D eigenvalue weighted by atomic mass is 79.9. The maximum atomic E-state index is 5.61. The molecule has 2 aliphatic rings. The average molecular weight is 219 g/mol.